The van der Waals surface area contributed by atoms with Crippen molar-refractivity contribution in [2.24, 2.45) is 0 Å². The van der Waals surface area contributed by atoms with Crippen LogP contribution in [-0.2, 0) is 5.41 Å². The average Bonchev–Trinajstić information content (AvgIpc) is 3.16. The van der Waals surface area contributed by atoms with Crippen molar-refractivity contribution >= 4 is 43.1 Å². The molecule has 0 saturated heterocycles. The first-order valence-electron chi connectivity index (χ1n) is 17.3. The molecule has 0 heteroatoms. The topological polar surface area (TPSA) is 0 Å². The van der Waals surface area contributed by atoms with Crippen molar-refractivity contribution < 1.29 is 0 Å². The second-order valence-electron chi connectivity index (χ2n) is 14.0. The smallest absolute Gasteiger partial charge is 0.0159 e. The Balaban J connectivity index is 1.42. The van der Waals surface area contributed by atoms with Gasteiger partial charge in [0.25, 0.3) is 0 Å². The monoisotopic (exact) mass is 622 g/mol. The Morgan fingerprint density at radius 2 is 0.857 bits per heavy atom. The van der Waals surface area contributed by atoms with Gasteiger partial charge in [-0.25, -0.2) is 0 Å². The summed E-state index contributed by atoms with van der Waals surface area (Å²) in [6.45, 7) is 4.77. The molecule has 0 nitrogen and oxygen atoms in total. The van der Waals surface area contributed by atoms with Crippen LogP contribution in [0.1, 0.15) is 25.0 Å². The van der Waals surface area contributed by atoms with Gasteiger partial charge in [-0.1, -0.05) is 184 Å². The molecule has 0 radical (unpaired) electrons. The fourth-order valence-corrected chi connectivity index (χ4v) is 8.88. The average molecular weight is 623 g/mol. The first kappa shape index (κ1) is 28.1. The lowest BCUT2D eigenvalue weighted by Crippen LogP contribution is -2.23. The summed E-state index contributed by atoms with van der Waals surface area (Å²) in [6.07, 6.45) is 0. The molecule has 1 aliphatic carbocycles. The van der Waals surface area contributed by atoms with Gasteiger partial charge in [0.05, 0.1) is 0 Å². The maximum atomic E-state index is 2.42. The molecule has 9 aromatic rings. The highest BCUT2D eigenvalue weighted by Gasteiger charge is 2.34. The van der Waals surface area contributed by atoms with E-state index in [1.165, 1.54) is 98.7 Å². The third-order valence-electron chi connectivity index (χ3n) is 11.1. The summed E-state index contributed by atoms with van der Waals surface area (Å²) in [7, 11) is 0. The van der Waals surface area contributed by atoms with Crippen LogP contribution in [0, 0.1) is 0 Å². The van der Waals surface area contributed by atoms with Gasteiger partial charge in [0.15, 0.2) is 0 Å². The maximum Gasteiger partial charge on any atom is 0.0159 e. The Morgan fingerprint density at radius 1 is 0.286 bits per heavy atom. The first-order valence-corrected chi connectivity index (χ1v) is 17.3. The molecule has 49 heavy (non-hydrogen) atoms. The van der Waals surface area contributed by atoms with E-state index in [2.05, 4.69) is 184 Å². The minimum atomic E-state index is -0.111. The maximum absolute atomic E-state index is 2.42. The third-order valence-corrected chi connectivity index (χ3v) is 11.1. The van der Waals surface area contributed by atoms with Crippen molar-refractivity contribution in [2.75, 3.05) is 0 Å². The van der Waals surface area contributed by atoms with E-state index in [0.717, 1.165) is 0 Å². The zero-order valence-electron chi connectivity index (χ0n) is 27.7. The van der Waals surface area contributed by atoms with Crippen molar-refractivity contribution in [3.8, 4) is 44.5 Å². The van der Waals surface area contributed by atoms with Crippen LogP contribution in [0.2, 0.25) is 0 Å². The van der Waals surface area contributed by atoms with Gasteiger partial charge in [0.1, 0.15) is 0 Å². The molecule has 0 fully saturated rings. The summed E-state index contributed by atoms with van der Waals surface area (Å²) in [6, 6.07) is 63.1. The van der Waals surface area contributed by atoms with Gasteiger partial charge in [-0.15, -0.1) is 0 Å². The lowest BCUT2D eigenvalue weighted by atomic mass is 9.68. The molecule has 1 aliphatic rings. The third kappa shape index (κ3) is 3.98. The van der Waals surface area contributed by atoms with Crippen molar-refractivity contribution in [1.29, 1.82) is 0 Å². The molecule has 0 aliphatic heterocycles. The zero-order chi connectivity index (χ0) is 32.7. The van der Waals surface area contributed by atoms with Gasteiger partial charge in [0.2, 0.25) is 0 Å². The fourth-order valence-electron chi connectivity index (χ4n) is 8.88. The Labute approximate surface area is 286 Å². The molecule has 9 aromatic carbocycles. The highest BCUT2D eigenvalue weighted by molar-refractivity contribution is 6.30. The molecule has 10 rings (SSSR count). The summed E-state index contributed by atoms with van der Waals surface area (Å²) in [4.78, 5) is 0. The van der Waals surface area contributed by atoms with Gasteiger partial charge in [-0.05, 0) is 98.7 Å². The van der Waals surface area contributed by atoms with Gasteiger partial charge in [0, 0.05) is 5.41 Å². The summed E-state index contributed by atoms with van der Waals surface area (Å²) >= 11 is 0. The minimum absolute atomic E-state index is 0.111. The van der Waals surface area contributed by atoms with Gasteiger partial charge in [-0.2, -0.15) is 0 Å². The molecular formula is C49H34. The van der Waals surface area contributed by atoms with Crippen LogP contribution in [0.15, 0.2) is 170 Å². The molecular weight excluding hydrogens is 589 g/mol. The van der Waals surface area contributed by atoms with E-state index in [9.17, 15) is 0 Å². The number of rotatable bonds is 3. The highest BCUT2D eigenvalue weighted by Crippen LogP contribution is 2.53. The van der Waals surface area contributed by atoms with Crippen LogP contribution < -0.4 is 0 Å². The molecule has 0 heterocycles. The summed E-state index contributed by atoms with van der Waals surface area (Å²) in [5, 5.41) is 10.4. The van der Waals surface area contributed by atoms with Crippen LogP contribution in [0.25, 0.3) is 87.6 Å². The van der Waals surface area contributed by atoms with E-state index >= 15 is 0 Å². The molecule has 0 amide bonds. The van der Waals surface area contributed by atoms with Crippen molar-refractivity contribution in [3.63, 3.8) is 0 Å². The van der Waals surface area contributed by atoms with Crippen LogP contribution in [0.5, 0.6) is 0 Å². The predicted molar refractivity (Wildman–Crippen MR) is 210 cm³/mol. The van der Waals surface area contributed by atoms with Crippen molar-refractivity contribution in [2.45, 2.75) is 19.3 Å². The predicted octanol–water partition coefficient (Wildman–Crippen LogP) is 13.6. The van der Waals surface area contributed by atoms with Gasteiger partial charge in [-0.3, -0.25) is 0 Å². The lowest BCUT2D eigenvalue weighted by molar-refractivity contribution is 0.645. The van der Waals surface area contributed by atoms with Gasteiger partial charge < -0.3 is 0 Å². The molecule has 0 aromatic heterocycles. The quantitative estimate of drug-likeness (QED) is 0.136. The Morgan fingerprint density at radius 3 is 1.63 bits per heavy atom. The summed E-state index contributed by atoms with van der Waals surface area (Å²) in [5.41, 5.74) is 13.0. The number of fused-ring (bicyclic) bond motifs is 6. The van der Waals surface area contributed by atoms with Crippen molar-refractivity contribution in [3.05, 3.63) is 181 Å². The Kier molecular flexibility index (Phi) is 6.02. The van der Waals surface area contributed by atoms with E-state index in [1.54, 1.807) is 0 Å². The highest BCUT2D eigenvalue weighted by atomic mass is 14.4. The summed E-state index contributed by atoms with van der Waals surface area (Å²) in [5.74, 6) is 0. The van der Waals surface area contributed by atoms with Crippen LogP contribution in [-0.4, -0.2) is 0 Å². The van der Waals surface area contributed by atoms with Crippen LogP contribution in [0.3, 0.4) is 0 Å². The largest absolute Gasteiger partial charge is 0.0622 e. The van der Waals surface area contributed by atoms with Crippen LogP contribution in [0.4, 0.5) is 0 Å². The first-order chi connectivity index (χ1) is 24.1. The standard InChI is InChI=1S/C49H34/c1-49(2)43-26-12-11-19-35(43)37-24-14-25-39-41(29-30-44(49)46(37)39)47-40-21-10-9-20-38(40)45(32-17-7-4-8-18-32)42-28-27-34-33(31-15-5-3-6-16-31)22-13-23-36(34)48(42)47/h3-30H,1-2H3. The number of hydrogen-bond donors (Lipinski definition) is 0. The van der Waals surface area contributed by atoms with Crippen molar-refractivity contribution in [1.82, 2.24) is 0 Å². The molecule has 230 valence electrons. The molecule has 0 N–H and O–H groups in total. The summed E-state index contributed by atoms with van der Waals surface area (Å²) < 4.78 is 0. The number of hydrogen-bond acceptors (Lipinski definition) is 0. The molecule has 0 unspecified atom stereocenters. The van der Waals surface area contributed by atoms with Crippen LogP contribution >= 0.6 is 0 Å². The second kappa shape index (κ2) is 10.5. The molecule has 0 spiro atoms. The number of benzene rings is 9. The van der Waals surface area contributed by atoms with E-state index in [4.69, 9.17) is 0 Å². The van der Waals surface area contributed by atoms with Gasteiger partial charge >= 0.3 is 0 Å². The lowest BCUT2D eigenvalue weighted by Gasteiger charge is -2.35. The minimum Gasteiger partial charge on any atom is -0.0622 e. The van der Waals surface area contributed by atoms with E-state index in [1.807, 2.05) is 0 Å². The molecule has 0 saturated carbocycles. The second-order valence-corrected chi connectivity index (χ2v) is 14.0. The molecule has 0 bridgehead atoms. The molecule has 0 atom stereocenters. The SMILES string of the molecule is CC1(C)c2ccccc2-c2cccc3c(-c4c5ccccc5c(-c5ccccc5)c5ccc6c(-c7ccccc7)cccc6c45)ccc1c23. The Hall–Kier alpha value is -5.98. The zero-order valence-corrected chi connectivity index (χ0v) is 27.7. The fraction of sp³-hybridized carbons (Fsp3) is 0.0612. The normalized spacial score (nSPS) is 13.3. The van der Waals surface area contributed by atoms with E-state index < -0.39 is 0 Å². The van der Waals surface area contributed by atoms with E-state index in [0.29, 0.717) is 0 Å². The van der Waals surface area contributed by atoms with E-state index in [-0.39, 0.29) is 5.41 Å². The Bertz CT molecular complexity index is 2770.